The van der Waals surface area contributed by atoms with Gasteiger partial charge in [-0.25, -0.2) is 9.97 Å². The quantitative estimate of drug-likeness (QED) is 0.735. The number of aliphatic hydroxyl groups excluding tert-OH is 1. The van der Waals surface area contributed by atoms with Crippen LogP contribution in [0.25, 0.3) is 0 Å². The van der Waals surface area contributed by atoms with E-state index in [-0.39, 0.29) is 18.5 Å². The summed E-state index contributed by atoms with van der Waals surface area (Å²) in [6.07, 6.45) is 2.56. The molecule has 1 amide bonds. The van der Waals surface area contributed by atoms with Crippen LogP contribution in [0.5, 0.6) is 0 Å². The lowest BCUT2D eigenvalue weighted by Gasteiger charge is -2.36. The Hall–Kier alpha value is -2.35. The van der Waals surface area contributed by atoms with Gasteiger partial charge in [0.2, 0.25) is 0 Å². The highest BCUT2D eigenvalue weighted by Gasteiger charge is 2.25. The Balaban J connectivity index is 1.28. The van der Waals surface area contributed by atoms with Crippen molar-refractivity contribution in [1.29, 1.82) is 0 Å². The molecule has 2 aliphatic rings. The smallest absolute Gasteiger partial charge is 0.270 e. The maximum absolute atomic E-state index is 12.4. The molecule has 0 saturated carbocycles. The number of fused-ring (bicyclic) bond motifs is 1. The van der Waals surface area contributed by atoms with Crippen LogP contribution in [0.1, 0.15) is 40.3 Å². The molecule has 2 aliphatic heterocycles. The molecule has 3 heterocycles. The predicted octanol–water partition coefficient (Wildman–Crippen LogP) is 1.38. The standard InChI is InChI=1S/C22H28N4O3/c1-15-20-5-3-2-4-17(20)6-7-26(15)11-19(27)10-23-22(28)21-9-18(24-14-25-21)8-16-12-29-13-16/h2-5,9,14-16,19,27H,6-8,10-13H2,1H3,(H,23,28)/t15?,19-/m0/s1. The van der Waals surface area contributed by atoms with Crippen LogP contribution in [-0.4, -0.2) is 64.8 Å². The van der Waals surface area contributed by atoms with Crippen molar-refractivity contribution in [2.45, 2.75) is 31.9 Å². The van der Waals surface area contributed by atoms with E-state index in [0.29, 0.717) is 18.2 Å². The number of nitrogens with one attached hydrogen (secondary N) is 1. The SMILES string of the molecule is CC1c2ccccc2CCN1C[C@@H](O)CNC(=O)c1cc(CC2COC2)ncn1. The van der Waals surface area contributed by atoms with Crippen LogP contribution >= 0.6 is 0 Å². The molecule has 4 rings (SSSR count). The first-order chi connectivity index (χ1) is 14.1. The second-order valence-electron chi connectivity index (χ2n) is 7.99. The average Bonchev–Trinajstić information content (AvgIpc) is 2.71. The maximum Gasteiger partial charge on any atom is 0.270 e. The normalized spacial score (nSPS) is 20.6. The summed E-state index contributed by atoms with van der Waals surface area (Å²) >= 11 is 0. The number of nitrogens with zero attached hydrogens (tertiary/aromatic N) is 3. The van der Waals surface area contributed by atoms with Crippen LogP contribution in [-0.2, 0) is 17.6 Å². The van der Waals surface area contributed by atoms with Crippen LogP contribution in [0.2, 0.25) is 0 Å². The molecule has 7 nitrogen and oxygen atoms in total. The van der Waals surface area contributed by atoms with Crippen LogP contribution in [0.3, 0.4) is 0 Å². The van der Waals surface area contributed by atoms with Crippen molar-refractivity contribution < 1.29 is 14.6 Å². The van der Waals surface area contributed by atoms with Gasteiger partial charge >= 0.3 is 0 Å². The summed E-state index contributed by atoms with van der Waals surface area (Å²) in [7, 11) is 0. The second-order valence-corrected chi connectivity index (χ2v) is 7.99. The summed E-state index contributed by atoms with van der Waals surface area (Å²) in [5.41, 5.74) is 3.88. The van der Waals surface area contributed by atoms with E-state index in [0.717, 1.165) is 38.3 Å². The van der Waals surface area contributed by atoms with Gasteiger partial charge in [0.15, 0.2) is 0 Å². The third kappa shape index (κ3) is 4.80. The molecule has 0 spiro atoms. The van der Waals surface area contributed by atoms with Crippen LogP contribution in [0.15, 0.2) is 36.7 Å². The number of carbonyl (C=O) groups excluding carboxylic acids is 1. The number of aromatic nitrogens is 2. The third-order valence-corrected chi connectivity index (χ3v) is 5.83. The van der Waals surface area contributed by atoms with E-state index in [1.54, 1.807) is 6.07 Å². The van der Waals surface area contributed by atoms with Gasteiger partial charge in [-0.2, -0.15) is 0 Å². The molecule has 0 radical (unpaired) electrons. The molecule has 0 bridgehead atoms. The fourth-order valence-electron chi connectivity index (χ4n) is 4.04. The van der Waals surface area contributed by atoms with Gasteiger partial charge < -0.3 is 15.2 Å². The van der Waals surface area contributed by atoms with Crippen molar-refractivity contribution >= 4 is 5.91 Å². The molecule has 2 aromatic rings. The zero-order valence-electron chi connectivity index (χ0n) is 16.8. The van der Waals surface area contributed by atoms with Gasteiger partial charge in [-0.15, -0.1) is 0 Å². The second kappa shape index (κ2) is 8.98. The number of amides is 1. The van der Waals surface area contributed by atoms with Crippen molar-refractivity contribution in [2.24, 2.45) is 5.92 Å². The zero-order chi connectivity index (χ0) is 20.2. The molecular weight excluding hydrogens is 368 g/mol. The molecule has 29 heavy (non-hydrogen) atoms. The van der Waals surface area contributed by atoms with E-state index in [1.165, 1.54) is 17.5 Å². The predicted molar refractivity (Wildman–Crippen MR) is 109 cm³/mol. The van der Waals surface area contributed by atoms with Gasteiger partial charge in [0, 0.05) is 37.3 Å². The van der Waals surface area contributed by atoms with E-state index in [1.807, 2.05) is 0 Å². The van der Waals surface area contributed by atoms with Crippen molar-refractivity contribution in [1.82, 2.24) is 20.2 Å². The minimum absolute atomic E-state index is 0.194. The summed E-state index contributed by atoms with van der Waals surface area (Å²) in [5.74, 6) is 0.189. The molecule has 0 aliphatic carbocycles. The number of rotatable bonds is 7. The molecule has 1 fully saturated rings. The topological polar surface area (TPSA) is 87.6 Å². The number of ether oxygens (including phenoxy) is 1. The van der Waals surface area contributed by atoms with E-state index >= 15 is 0 Å². The van der Waals surface area contributed by atoms with E-state index in [4.69, 9.17) is 4.74 Å². The first kappa shape index (κ1) is 19.9. The fourth-order valence-corrected chi connectivity index (χ4v) is 4.04. The van der Waals surface area contributed by atoms with Crippen molar-refractivity contribution in [2.75, 3.05) is 32.8 Å². The van der Waals surface area contributed by atoms with E-state index in [2.05, 4.69) is 51.4 Å². The summed E-state index contributed by atoms with van der Waals surface area (Å²) in [6, 6.07) is 10.4. The Bertz CT molecular complexity index is 855. The molecule has 7 heteroatoms. The maximum atomic E-state index is 12.4. The van der Waals surface area contributed by atoms with Crippen molar-refractivity contribution in [3.05, 3.63) is 59.2 Å². The molecular formula is C22H28N4O3. The number of carbonyl (C=O) groups is 1. The van der Waals surface area contributed by atoms with Crippen LogP contribution in [0, 0.1) is 5.92 Å². The van der Waals surface area contributed by atoms with E-state index < -0.39 is 6.10 Å². The Morgan fingerprint density at radius 1 is 1.34 bits per heavy atom. The van der Waals surface area contributed by atoms with Crippen LogP contribution in [0.4, 0.5) is 0 Å². The zero-order valence-corrected chi connectivity index (χ0v) is 16.8. The molecule has 1 aromatic heterocycles. The number of aliphatic hydroxyl groups is 1. The Morgan fingerprint density at radius 2 is 2.17 bits per heavy atom. The molecule has 1 aromatic carbocycles. The summed E-state index contributed by atoms with van der Waals surface area (Å²) in [6.45, 7) is 5.28. The number of hydrogen-bond acceptors (Lipinski definition) is 6. The van der Waals surface area contributed by atoms with Gasteiger partial charge in [-0.05, 0) is 37.0 Å². The molecule has 1 saturated heterocycles. The fraction of sp³-hybridized carbons (Fsp3) is 0.500. The highest BCUT2D eigenvalue weighted by molar-refractivity contribution is 5.92. The van der Waals surface area contributed by atoms with Gasteiger partial charge in [-0.3, -0.25) is 9.69 Å². The first-order valence-electron chi connectivity index (χ1n) is 10.3. The average molecular weight is 396 g/mol. The van der Waals surface area contributed by atoms with Crippen molar-refractivity contribution in [3.8, 4) is 0 Å². The highest BCUT2D eigenvalue weighted by atomic mass is 16.5. The van der Waals surface area contributed by atoms with E-state index in [9.17, 15) is 9.90 Å². The minimum atomic E-state index is -0.639. The van der Waals surface area contributed by atoms with Gasteiger partial charge in [0.05, 0.1) is 19.3 Å². The summed E-state index contributed by atoms with van der Waals surface area (Å²) in [4.78, 5) is 23.0. The molecule has 2 N–H and O–H groups in total. The van der Waals surface area contributed by atoms with Crippen LogP contribution < -0.4 is 5.32 Å². The first-order valence-corrected chi connectivity index (χ1v) is 10.3. The third-order valence-electron chi connectivity index (χ3n) is 5.83. The van der Waals surface area contributed by atoms with Gasteiger partial charge in [0.25, 0.3) is 5.91 Å². The molecule has 1 unspecified atom stereocenters. The number of benzene rings is 1. The molecule has 2 atom stereocenters. The summed E-state index contributed by atoms with van der Waals surface area (Å²) in [5, 5.41) is 13.3. The molecule has 154 valence electrons. The lowest BCUT2D eigenvalue weighted by Crippen LogP contribution is -2.43. The highest BCUT2D eigenvalue weighted by Crippen LogP contribution is 2.28. The lowest BCUT2D eigenvalue weighted by atomic mass is 9.93. The minimum Gasteiger partial charge on any atom is -0.390 e. The van der Waals surface area contributed by atoms with Gasteiger partial charge in [0.1, 0.15) is 12.0 Å². The summed E-state index contributed by atoms with van der Waals surface area (Å²) < 4.78 is 5.18. The Labute approximate surface area is 171 Å². The van der Waals surface area contributed by atoms with Gasteiger partial charge in [-0.1, -0.05) is 24.3 Å². The Morgan fingerprint density at radius 3 is 2.97 bits per heavy atom. The lowest BCUT2D eigenvalue weighted by molar-refractivity contribution is -0.0316. The van der Waals surface area contributed by atoms with Crippen molar-refractivity contribution in [3.63, 3.8) is 0 Å². The monoisotopic (exact) mass is 396 g/mol. The Kier molecular flexibility index (Phi) is 6.18. The largest absolute Gasteiger partial charge is 0.390 e. The number of β-amino-alcohol motifs (C(OH)–C–C–N with tert-alkyl or cyclic N) is 1. The number of hydrogen-bond donors (Lipinski definition) is 2.